The maximum atomic E-state index is 5.44. The van der Waals surface area contributed by atoms with E-state index >= 15 is 0 Å². The topological polar surface area (TPSA) is 50.7 Å². The van der Waals surface area contributed by atoms with Crippen LogP contribution in [0.2, 0.25) is 0 Å². The smallest absolute Gasteiger partial charge is 0.130 e. The lowest BCUT2D eigenvalue weighted by atomic mass is 10.2. The minimum Gasteiger partial charge on any atom is -0.383 e. The van der Waals surface area contributed by atoms with E-state index < -0.39 is 0 Å². The number of amidine groups is 2. The lowest BCUT2D eigenvalue weighted by molar-refractivity contribution is 1.15. The Labute approximate surface area is 54.0 Å². The molecule has 3 heteroatoms. The molecule has 0 fully saturated rings. The van der Waals surface area contributed by atoms with Gasteiger partial charge in [-0.15, -0.1) is 0 Å². The molecule has 0 aromatic heterocycles. The molecule has 9 heavy (non-hydrogen) atoms. The van der Waals surface area contributed by atoms with Gasteiger partial charge in [0.05, 0.1) is 6.54 Å². The normalized spacial score (nSPS) is 19.0. The summed E-state index contributed by atoms with van der Waals surface area (Å²) in [6, 6.07) is 0. The van der Waals surface area contributed by atoms with Crippen LogP contribution >= 0.6 is 0 Å². The van der Waals surface area contributed by atoms with Crippen molar-refractivity contribution >= 4 is 11.7 Å². The van der Waals surface area contributed by atoms with E-state index in [1.54, 1.807) is 0 Å². The van der Waals surface area contributed by atoms with E-state index in [0.717, 1.165) is 11.4 Å². The zero-order valence-electron chi connectivity index (χ0n) is 5.39. The Kier molecular flexibility index (Phi) is 1.34. The first-order valence-electron chi connectivity index (χ1n) is 2.73. The fraction of sp³-hybridized carbons (Fsp3) is 0.333. The molecular formula is C6H9N3. The quantitative estimate of drug-likeness (QED) is 0.496. The zero-order chi connectivity index (χ0) is 6.85. The average molecular weight is 123 g/mol. The van der Waals surface area contributed by atoms with E-state index in [1.165, 1.54) is 0 Å². The maximum Gasteiger partial charge on any atom is 0.130 e. The van der Waals surface area contributed by atoms with Gasteiger partial charge in [0.25, 0.3) is 0 Å². The van der Waals surface area contributed by atoms with Gasteiger partial charge in [0.15, 0.2) is 0 Å². The first kappa shape index (κ1) is 6.01. The standard InChI is InChI=1S/C6H9N3/c1-4-3-8-5(2)9-6(4)7/h1,3H2,2H3,(H2,7,8,9). The Balaban J connectivity index is 2.87. The lowest BCUT2D eigenvalue weighted by Gasteiger charge is -2.06. The summed E-state index contributed by atoms with van der Waals surface area (Å²) in [5.41, 5.74) is 6.24. The van der Waals surface area contributed by atoms with Crippen LogP contribution in [0.3, 0.4) is 0 Å². The Hall–Kier alpha value is -1.12. The van der Waals surface area contributed by atoms with Crippen LogP contribution in [0.4, 0.5) is 0 Å². The first-order chi connectivity index (χ1) is 4.20. The molecule has 0 saturated heterocycles. The van der Waals surface area contributed by atoms with Crippen LogP contribution in [0.1, 0.15) is 6.92 Å². The fourth-order valence-electron chi connectivity index (χ4n) is 0.580. The molecule has 0 spiro atoms. The molecule has 0 amide bonds. The van der Waals surface area contributed by atoms with Gasteiger partial charge in [0.1, 0.15) is 11.7 Å². The van der Waals surface area contributed by atoms with Gasteiger partial charge in [0.2, 0.25) is 0 Å². The highest BCUT2D eigenvalue weighted by Gasteiger charge is 2.03. The predicted molar refractivity (Wildman–Crippen MR) is 38.7 cm³/mol. The van der Waals surface area contributed by atoms with Crippen molar-refractivity contribution in [2.45, 2.75) is 6.92 Å². The largest absolute Gasteiger partial charge is 0.383 e. The van der Waals surface area contributed by atoms with Crippen LogP contribution in [0.25, 0.3) is 0 Å². The summed E-state index contributed by atoms with van der Waals surface area (Å²) in [5.74, 6) is 1.25. The molecule has 2 N–H and O–H groups in total. The minimum absolute atomic E-state index is 0.516. The number of aliphatic imine (C=N–C) groups is 2. The highest BCUT2D eigenvalue weighted by Crippen LogP contribution is 1.99. The van der Waals surface area contributed by atoms with E-state index in [-0.39, 0.29) is 0 Å². The summed E-state index contributed by atoms with van der Waals surface area (Å²) in [6.07, 6.45) is 0. The first-order valence-corrected chi connectivity index (χ1v) is 2.73. The van der Waals surface area contributed by atoms with Gasteiger partial charge in [-0.25, -0.2) is 4.99 Å². The number of rotatable bonds is 0. The summed E-state index contributed by atoms with van der Waals surface area (Å²) in [6.45, 7) is 6.08. The minimum atomic E-state index is 0.516. The number of nitrogens with two attached hydrogens (primary N) is 1. The van der Waals surface area contributed by atoms with Crippen molar-refractivity contribution in [3.05, 3.63) is 12.2 Å². The molecule has 0 aromatic carbocycles. The molecule has 0 bridgehead atoms. The molecule has 1 heterocycles. The van der Waals surface area contributed by atoms with Gasteiger partial charge in [-0.2, -0.15) is 0 Å². The average Bonchev–Trinajstić information content (AvgIpc) is 1.80. The van der Waals surface area contributed by atoms with E-state index in [4.69, 9.17) is 5.73 Å². The summed E-state index contributed by atoms with van der Waals surface area (Å²) >= 11 is 0. The van der Waals surface area contributed by atoms with Crippen molar-refractivity contribution in [3.63, 3.8) is 0 Å². The second-order valence-corrected chi connectivity index (χ2v) is 1.96. The Bertz CT molecular complexity index is 200. The molecule has 48 valence electrons. The molecule has 0 radical (unpaired) electrons. The van der Waals surface area contributed by atoms with Gasteiger partial charge in [0, 0.05) is 5.57 Å². The van der Waals surface area contributed by atoms with E-state index in [2.05, 4.69) is 16.6 Å². The van der Waals surface area contributed by atoms with Crippen molar-refractivity contribution in [1.82, 2.24) is 0 Å². The van der Waals surface area contributed by atoms with Gasteiger partial charge in [-0.3, -0.25) is 4.99 Å². The zero-order valence-corrected chi connectivity index (χ0v) is 5.39. The summed E-state index contributed by atoms with van der Waals surface area (Å²) in [7, 11) is 0. The van der Waals surface area contributed by atoms with Crippen LogP contribution in [0, 0.1) is 0 Å². The molecule has 1 aliphatic heterocycles. The summed E-state index contributed by atoms with van der Waals surface area (Å²) in [4.78, 5) is 7.92. The molecule has 3 nitrogen and oxygen atoms in total. The SMILES string of the molecule is C=C1CN=C(C)N=C1N. The number of nitrogens with zero attached hydrogens (tertiary/aromatic N) is 2. The second kappa shape index (κ2) is 2.01. The van der Waals surface area contributed by atoms with Crippen molar-refractivity contribution in [1.29, 1.82) is 0 Å². The fourth-order valence-corrected chi connectivity index (χ4v) is 0.580. The van der Waals surface area contributed by atoms with Gasteiger partial charge < -0.3 is 5.73 Å². The molecule has 1 aliphatic rings. The summed E-state index contributed by atoms with van der Waals surface area (Å²) < 4.78 is 0. The maximum absolute atomic E-state index is 5.44. The third-order valence-electron chi connectivity index (χ3n) is 1.14. The van der Waals surface area contributed by atoms with Gasteiger partial charge >= 0.3 is 0 Å². The Morgan fingerprint density at radius 3 is 2.78 bits per heavy atom. The van der Waals surface area contributed by atoms with Gasteiger partial charge in [-0.1, -0.05) is 6.58 Å². The van der Waals surface area contributed by atoms with E-state index in [9.17, 15) is 0 Å². The molecule has 0 aromatic rings. The number of hydrogen-bond donors (Lipinski definition) is 1. The van der Waals surface area contributed by atoms with Crippen LogP contribution in [-0.4, -0.2) is 18.2 Å². The molecular weight excluding hydrogens is 114 g/mol. The Morgan fingerprint density at radius 2 is 2.33 bits per heavy atom. The van der Waals surface area contributed by atoms with Gasteiger partial charge in [-0.05, 0) is 6.92 Å². The van der Waals surface area contributed by atoms with Crippen molar-refractivity contribution in [3.8, 4) is 0 Å². The molecule has 0 saturated carbocycles. The predicted octanol–water partition coefficient (Wildman–Crippen LogP) is 0.332. The van der Waals surface area contributed by atoms with E-state index in [0.29, 0.717) is 12.4 Å². The van der Waals surface area contributed by atoms with E-state index in [1.807, 2.05) is 6.92 Å². The highest BCUT2D eigenvalue weighted by atomic mass is 15.0. The monoisotopic (exact) mass is 123 g/mol. The molecule has 0 atom stereocenters. The second-order valence-electron chi connectivity index (χ2n) is 1.96. The Morgan fingerprint density at radius 1 is 1.67 bits per heavy atom. The van der Waals surface area contributed by atoms with Crippen LogP contribution in [0.15, 0.2) is 22.1 Å². The van der Waals surface area contributed by atoms with Crippen molar-refractivity contribution < 1.29 is 0 Å². The van der Waals surface area contributed by atoms with Crippen molar-refractivity contribution in [2.75, 3.05) is 6.54 Å². The molecule has 0 unspecified atom stereocenters. The van der Waals surface area contributed by atoms with Crippen LogP contribution < -0.4 is 5.73 Å². The van der Waals surface area contributed by atoms with Crippen LogP contribution in [-0.2, 0) is 0 Å². The molecule has 1 rings (SSSR count). The number of hydrogen-bond acceptors (Lipinski definition) is 3. The molecule has 0 aliphatic carbocycles. The van der Waals surface area contributed by atoms with Crippen LogP contribution in [0.5, 0.6) is 0 Å². The lowest BCUT2D eigenvalue weighted by Crippen LogP contribution is -2.21. The highest BCUT2D eigenvalue weighted by molar-refractivity contribution is 6.06. The third-order valence-corrected chi connectivity index (χ3v) is 1.14. The van der Waals surface area contributed by atoms with Crippen molar-refractivity contribution in [2.24, 2.45) is 15.7 Å². The summed E-state index contributed by atoms with van der Waals surface area (Å²) in [5, 5.41) is 0. The third kappa shape index (κ3) is 1.16.